The molecule has 0 bridgehead atoms. The first-order valence-electron chi connectivity index (χ1n) is 10.7. The van der Waals surface area contributed by atoms with E-state index in [9.17, 15) is 14.2 Å². The van der Waals surface area contributed by atoms with Gasteiger partial charge in [-0.2, -0.15) is 0 Å². The molecule has 1 unspecified atom stereocenters. The van der Waals surface area contributed by atoms with Crippen LogP contribution in [-0.4, -0.2) is 70.6 Å². The fourth-order valence-corrected chi connectivity index (χ4v) is 3.54. The summed E-state index contributed by atoms with van der Waals surface area (Å²) in [6, 6.07) is 0. The Kier molecular flexibility index (Phi) is 11.1. The van der Waals surface area contributed by atoms with Gasteiger partial charge in [0.25, 0.3) is 0 Å². The number of carbonyl (C=O) groups is 2. The summed E-state index contributed by atoms with van der Waals surface area (Å²) < 4.78 is 49.6. The van der Waals surface area contributed by atoms with E-state index >= 15 is 0 Å². The van der Waals surface area contributed by atoms with Crippen molar-refractivity contribution in [1.82, 2.24) is 19.5 Å². The van der Waals surface area contributed by atoms with E-state index in [4.69, 9.17) is 38.5 Å². The van der Waals surface area contributed by atoms with Gasteiger partial charge in [0.15, 0.2) is 11.5 Å². The van der Waals surface area contributed by atoms with Crippen LogP contribution in [0.15, 0.2) is 12.7 Å². The minimum absolute atomic E-state index is 0.152. The van der Waals surface area contributed by atoms with Crippen molar-refractivity contribution in [2.75, 3.05) is 32.3 Å². The highest BCUT2D eigenvalue weighted by atomic mass is 31.2. The van der Waals surface area contributed by atoms with Gasteiger partial charge in [0.1, 0.15) is 18.2 Å². The predicted octanol–water partition coefficient (Wildman–Crippen LogP) is 3.04. The molecule has 2 aromatic rings. The smallest absolute Gasteiger partial charge is 0.434 e. The molecular formula is C19H30N5O10P. The number of hydrogen-bond acceptors (Lipinski definition) is 14. The lowest BCUT2D eigenvalue weighted by atomic mass is 10.4. The summed E-state index contributed by atoms with van der Waals surface area (Å²) in [5.74, 6) is 0.238. The highest BCUT2D eigenvalue weighted by molar-refractivity contribution is 7.53. The third-order valence-electron chi connectivity index (χ3n) is 4.01. The Morgan fingerprint density at radius 3 is 2.40 bits per heavy atom. The molecule has 2 heterocycles. The number of aromatic nitrogens is 4. The number of fused-ring (bicyclic) bond motifs is 1. The quantitative estimate of drug-likeness (QED) is 0.218. The SMILES string of the molecule is CCCOC(=O)OCOP(=O)(CO[C@H](C)Cn1cnc2c(N)ncnc21)OCOC(=O)OC(C)C. The van der Waals surface area contributed by atoms with E-state index in [0.717, 1.165) is 0 Å². The number of nitrogens with zero attached hydrogens (tertiary/aromatic N) is 4. The van der Waals surface area contributed by atoms with Gasteiger partial charge in [-0.15, -0.1) is 0 Å². The molecule has 0 amide bonds. The molecule has 0 aromatic carbocycles. The molecule has 16 heteroatoms. The third kappa shape index (κ3) is 9.64. The molecule has 0 aliphatic rings. The molecule has 0 aliphatic heterocycles. The molecule has 2 aromatic heterocycles. The van der Waals surface area contributed by atoms with Gasteiger partial charge in [0.05, 0.1) is 31.7 Å². The number of nitrogens with two attached hydrogens (primary N) is 1. The van der Waals surface area contributed by atoms with Gasteiger partial charge < -0.3 is 34.0 Å². The van der Waals surface area contributed by atoms with E-state index in [1.54, 1.807) is 25.3 Å². The van der Waals surface area contributed by atoms with E-state index in [-0.39, 0.29) is 19.0 Å². The summed E-state index contributed by atoms with van der Waals surface area (Å²) >= 11 is 0. The van der Waals surface area contributed by atoms with Crippen LogP contribution < -0.4 is 5.73 Å². The van der Waals surface area contributed by atoms with Crippen molar-refractivity contribution in [2.24, 2.45) is 0 Å². The number of carbonyl (C=O) groups excluding carboxylic acids is 2. The maximum Gasteiger partial charge on any atom is 0.510 e. The van der Waals surface area contributed by atoms with Gasteiger partial charge in [-0.05, 0) is 27.2 Å². The Morgan fingerprint density at radius 2 is 1.74 bits per heavy atom. The Labute approximate surface area is 201 Å². The molecule has 0 saturated heterocycles. The summed E-state index contributed by atoms with van der Waals surface area (Å²) in [6.07, 6.45) is -0.0833. The molecule has 0 spiro atoms. The topological polar surface area (TPSA) is 185 Å². The highest BCUT2D eigenvalue weighted by Crippen LogP contribution is 2.48. The molecule has 0 saturated carbocycles. The molecular weight excluding hydrogens is 489 g/mol. The molecule has 0 aliphatic carbocycles. The van der Waals surface area contributed by atoms with Gasteiger partial charge in [-0.1, -0.05) is 6.92 Å². The maximum atomic E-state index is 13.1. The van der Waals surface area contributed by atoms with Crippen LogP contribution in [0.4, 0.5) is 15.4 Å². The summed E-state index contributed by atoms with van der Waals surface area (Å²) in [6.45, 7) is 5.70. The number of rotatable bonds is 14. The summed E-state index contributed by atoms with van der Waals surface area (Å²) in [4.78, 5) is 35.2. The van der Waals surface area contributed by atoms with Gasteiger partial charge >= 0.3 is 19.9 Å². The summed E-state index contributed by atoms with van der Waals surface area (Å²) in [7, 11) is -4.05. The molecule has 196 valence electrons. The number of hydrogen-bond donors (Lipinski definition) is 1. The van der Waals surface area contributed by atoms with E-state index in [2.05, 4.69) is 15.0 Å². The minimum atomic E-state index is -4.05. The minimum Gasteiger partial charge on any atom is -0.434 e. The Balaban J connectivity index is 1.94. The van der Waals surface area contributed by atoms with Crippen molar-refractivity contribution in [2.45, 2.75) is 52.9 Å². The zero-order valence-corrected chi connectivity index (χ0v) is 20.8. The van der Waals surface area contributed by atoms with Gasteiger partial charge in [0, 0.05) is 0 Å². The van der Waals surface area contributed by atoms with Gasteiger partial charge in [-0.3, -0.25) is 13.6 Å². The molecule has 0 fully saturated rings. The monoisotopic (exact) mass is 519 g/mol. The first-order valence-corrected chi connectivity index (χ1v) is 12.4. The lowest BCUT2D eigenvalue weighted by Gasteiger charge is -2.21. The van der Waals surface area contributed by atoms with Crippen LogP contribution >= 0.6 is 7.60 Å². The molecule has 35 heavy (non-hydrogen) atoms. The number of anilines is 1. The second-order valence-corrected chi connectivity index (χ2v) is 9.34. The lowest BCUT2D eigenvalue weighted by Crippen LogP contribution is -2.20. The second kappa shape index (κ2) is 13.8. The van der Waals surface area contributed by atoms with Crippen molar-refractivity contribution in [1.29, 1.82) is 0 Å². The summed E-state index contributed by atoms with van der Waals surface area (Å²) in [5, 5.41) is 0. The molecule has 0 radical (unpaired) electrons. The van der Waals surface area contributed by atoms with Gasteiger partial charge in [-0.25, -0.2) is 24.5 Å². The first kappa shape index (κ1) is 28.2. The molecule has 2 atom stereocenters. The van der Waals surface area contributed by atoms with Crippen molar-refractivity contribution >= 4 is 36.9 Å². The summed E-state index contributed by atoms with van der Waals surface area (Å²) in [5.41, 5.74) is 6.73. The van der Waals surface area contributed by atoms with Crippen molar-refractivity contribution < 1.29 is 46.9 Å². The van der Waals surface area contributed by atoms with Crippen molar-refractivity contribution in [3.05, 3.63) is 12.7 Å². The second-order valence-electron chi connectivity index (χ2n) is 7.34. The van der Waals surface area contributed by atoms with E-state index in [1.807, 2.05) is 6.92 Å². The highest BCUT2D eigenvalue weighted by Gasteiger charge is 2.28. The van der Waals surface area contributed by atoms with Crippen molar-refractivity contribution in [3.8, 4) is 0 Å². The van der Waals surface area contributed by atoms with Crippen LogP contribution in [0.25, 0.3) is 11.2 Å². The fourth-order valence-electron chi connectivity index (χ4n) is 2.46. The standard InChI is InChI=1S/C19H30N5O10P/c1-5-6-28-18(25)29-10-32-35(27,33-11-30-19(26)34-13(2)3)12-31-14(4)7-24-9-23-15-16(20)21-8-22-17(15)24/h8-9,13-14H,5-7,10-12H2,1-4H3,(H2,20,21,22)/t14-,35?/m1/s1. The maximum absolute atomic E-state index is 13.1. The van der Waals surface area contributed by atoms with E-state index in [1.165, 1.54) is 12.7 Å². The van der Waals surface area contributed by atoms with Crippen LogP contribution in [0, 0.1) is 0 Å². The zero-order chi connectivity index (χ0) is 25.8. The Hall–Kier alpha value is -3.00. The molecule has 2 N–H and O–H groups in total. The van der Waals surface area contributed by atoms with Crippen LogP contribution in [0.1, 0.15) is 34.1 Å². The normalized spacial score (nSPS) is 13.9. The molecule has 2 rings (SSSR count). The fraction of sp³-hybridized carbons (Fsp3) is 0.632. The van der Waals surface area contributed by atoms with Crippen LogP contribution in [0.2, 0.25) is 0 Å². The van der Waals surface area contributed by atoms with Gasteiger partial charge in [0.2, 0.25) is 13.6 Å². The van der Waals surface area contributed by atoms with Crippen LogP contribution in [0.5, 0.6) is 0 Å². The first-order chi connectivity index (χ1) is 16.6. The molecule has 15 nitrogen and oxygen atoms in total. The Morgan fingerprint density at radius 1 is 1.06 bits per heavy atom. The van der Waals surface area contributed by atoms with Crippen LogP contribution in [0.3, 0.4) is 0 Å². The number of nitrogen functional groups attached to an aromatic ring is 1. The number of ether oxygens (including phenoxy) is 5. The Bertz CT molecular complexity index is 1020. The lowest BCUT2D eigenvalue weighted by molar-refractivity contribution is -0.0335. The average Bonchev–Trinajstić information content (AvgIpc) is 3.20. The number of imidazole rings is 1. The van der Waals surface area contributed by atoms with Crippen molar-refractivity contribution in [3.63, 3.8) is 0 Å². The largest absolute Gasteiger partial charge is 0.510 e. The zero-order valence-electron chi connectivity index (χ0n) is 19.9. The third-order valence-corrected chi connectivity index (χ3v) is 5.47. The van der Waals surface area contributed by atoms with E-state index in [0.29, 0.717) is 17.6 Å². The van der Waals surface area contributed by atoms with Crippen LogP contribution in [-0.2, 0) is 43.8 Å². The predicted molar refractivity (Wildman–Crippen MR) is 120 cm³/mol. The average molecular weight is 519 g/mol. The van der Waals surface area contributed by atoms with E-state index < -0.39 is 52.0 Å².